The van der Waals surface area contributed by atoms with Gasteiger partial charge in [-0.05, 0) is 23.8 Å². The number of nitrogens with zero attached hydrogens (tertiary/aromatic N) is 2. The van der Waals surface area contributed by atoms with Crippen molar-refractivity contribution in [3.63, 3.8) is 0 Å². The summed E-state index contributed by atoms with van der Waals surface area (Å²) in [5, 5.41) is 3.78. The molecule has 9 heteroatoms. The van der Waals surface area contributed by atoms with Crippen LogP contribution in [0.5, 0.6) is 0 Å². The summed E-state index contributed by atoms with van der Waals surface area (Å²) in [6, 6.07) is 15.4. The number of hydrogen-bond acceptors (Lipinski definition) is 4. The van der Waals surface area contributed by atoms with Crippen LogP contribution in [0.25, 0.3) is 10.9 Å². The first-order valence-electron chi connectivity index (χ1n) is 10.5. The Morgan fingerprint density at radius 3 is 2.34 bits per heavy atom. The quantitative estimate of drug-likeness (QED) is 0.592. The van der Waals surface area contributed by atoms with E-state index < -0.39 is 16.1 Å². The summed E-state index contributed by atoms with van der Waals surface area (Å²) < 4.78 is 27.1. The Balaban J connectivity index is 1.46. The zero-order valence-electron chi connectivity index (χ0n) is 17.8. The van der Waals surface area contributed by atoms with E-state index in [1.54, 1.807) is 35.2 Å². The van der Waals surface area contributed by atoms with Gasteiger partial charge in [-0.25, -0.2) is 8.42 Å². The normalized spacial score (nSPS) is 16.1. The standard InChI is InChI=1S/C23H26N4O4S/c1-17(28)25-22(15-18-16-24-21-10-6-5-9-20(18)21)23(29)26-11-13-27(14-12-26)32(30,31)19-7-3-2-4-8-19/h2-10,16,22,24H,11-15H2,1H3,(H,25,28)/t22-/m0/s1. The number of para-hydroxylation sites is 1. The molecule has 0 spiro atoms. The lowest BCUT2D eigenvalue weighted by atomic mass is 10.0. The molecule has 2 aromatic carbocycles. The molecule has 1 saturated heterocycles. The highest BCUT2D eigenvalue weighted by Crippen LogP contribution is 2.21. The number of hydrogen-bond donors (Lipinski definition) is 2. The molecule has 4 rings (SSSR count). The fraction of sp³-hybridized carbons (Fsp3) is 0.304. The van der Waals surface area contributed by atoms with Gasteiger partial charge in [0.25, 0.3) is 0 Å². The molecule has 1 aliphatic rings. The van der Waals surface area contributed by atoms with Crippen molar-refractivity contribution in [2.75, 3.05) is 26.2 Å². The third-order valence-corrected chi connectivity index (χ3v) is 7.62. The van der Waals surface area contributed by atoms with E-state index >= 15 is 0 Å². The molecular weight excluding hydrogens is 428 g/mol. The number of benzene rings is 2. The highest BCUT2D eigenvalue weighted by Gasteiger charge is 2.33. The van der Waals surface area contributed by atoms with Gasteiger partial charge in [0.1, 0.15) is 6.04 Å². The third-order valence-electron chi connectivity index (χ3n) is 5.71. The van der Waals surface area contributed by atoms with E-state index in [0.717, 1.165) is 16.5 Å². The number of rotatable bonds is 6. The minimum absolute atomic E-state index is 0.206. The molecule has 32 heavy (non-hydrogen) atoms. The summed E-state index contributed by atoms with van der Waals surface area (Å²) >= 11 is 0. The van der Waals surface area contributed by atoms with Gasteiger partial charge < -0.3 is 15.2 Å². The van der Waals surface area contributed by atoms with Crippen LogP contribution in [0.4, 0.5) is 0 Å². The molecule has 2 amide bonds. The molecule has 2 heterocycles. The molecule has 0 aliphatic carbocycles. The van der Waals surface area contributed by atoms with Gasteiger partial charge in [-0.1, -0.05) is 36.4 Å². The van der Waals surface area contributed by atoms with Crippen molar-refractivity contribution in [1.82, 2.24) is 19.5 Å². The van der Waals surface area contributed by atoms with Crippen molar-refractivity contribution in [2.24, 2.45) is 0 Å². The van der Waals surface area contributed by atoms with Gasteiger partial charge in [-0.15, -0.1) is 0 Å². The van der Waals surface area contributed by atoms with E-state index in [-0.39, 0.29) is 42.9 Å². The van der Waals surface area contributed by atoms with E-state index in [9.17, 15) is 18.0 Å². The Hall–Kier alpha value is -3.17. The molecule has 2 N–H and O–H groups in total. The largest absolute Gasteiger partial charge is 0.361 e. The first-order chi connectivity index (χ1) is 15.4. The highest BCUT2D eigenvalue weighted by atomic mass is 32.2. The predicted molar refractivity (Wildman–Crippen MR) is 121 cm³/mol. The molecule has 0 radical (unpaired) electrons. The molecular formula is C23H26N4O4S. The minimum Gasteiger partial charge on any atom is -0.361 e. The van der Waals surface area contributed by atoms with Crippen LogP contribution in [0.1, 0.15) is 12.5 Å². The summed E-state index contributed by atoms with van der Waals surface area (Å²) in [6.07, 6.45) is 2.21. The summed E-state index contributed by atoms with van der Waals surface area (Å²) in [5.74, 6) is -0.490. The lowest BCUT2D eigenvalue weighted by molar-refractivity contribution is -0.137. The van der Waals surface area contributed by atoms with Gasteiger partial charge in [-0.3, -0.25) is 9.59 Å². The molecule has 0 bridgehead atoms. The van der Waals surface area contributed by atoms with Gasteiger partial charge in [0.2, 0.25) is 21.8 Å². The number of nitrogens with one attached hydrogen (secondary N) is 2. The third kappa shape index (κ3) is 4.53. The minimum atomic E-state index is -3.59. The molecule has 1 atom stereocenters. The van der Waals surface area contributed by atoms with E-state index in [1.807, 2.05) is 30.5 Å². The van der Waals surface area contributed by atoms with Crippen molar-refractivity contribution < 1.29 is 18.0 Å². The summed E-state index contributed by atoms with van der Waals surface area (Å²) in [4.78, 5) is 30.1. The van der Waals surface area contributed by atoms with Gasteiger partial charge in [0.15, 0.2) is 0 Å². The van der Waals surface area contributed by atoms with Crippen LogP contribution in [0.2, 0.25) is 0 Å². The van der Waals surface area contributed by atoms with E-state index in [4.69, 9.17) is 0 Å². The molecule has 1 aliphatic heterocycles. The fourth-order valence-electron chi connectivity index (χ4n) is 4.08. The van der Waals surface area contributed by atoms with Gasteiger partial charge in [0, 0.05) is 56.6 Å². The molecule has 3 aromatic rings. The van der Waals surface area contributed by atoms with Crippen molar-refractivity contribution in [1.29, 1.82) is 0 Å². The van der Waals surface area contributed by atoms with Crippen LogP contribution in [0.15, 0.2) is 65.7 Å². The van der Waals surface area contributed by atoms with Crippen molar-refractivity contribution in [2.45, 2.75) is 24.3 Å². The summed E-state index contributed by atoms with van der Waals surface area (Å²) in [5.41, 5.74) is 1.91. The van der Waals surface area contributed by atoms with E-state index in [0.29, 0.717) is 6.42 Å². The topological polar surface area (TPSA) is 103 Å². The number of piperazine rings is 1. The molecule has 1 fully saturated rings. The highest BCUT2D eigenvalue weighted by molar-refractivity contribution is 7.89. The Labute approximate surface area is 187 Å². The number of fused-ring (bicyclic) bond motifs is 1. The maximum Gasteiger partial charge on any atom is 0.245 e. The maximum absolute atomic E-state index is 13.3. The predicted octanol–water partition coefficient (Wildman–Crippen LogP) is 1.75. The first-order valence-corrected chi connectivity index (χ1v) is 12.0. The molecule has 8 nitrogen and oxygen atoms in total. The van der Waals surface area contributed by atoms with E-state index in [2.05, 4.69) is 10.3 Å². The second-order valence-electron chi connectivity index (χ2n) is 7.86. The van der Waals surface area contributed by atoms with Crippen molar-refractivity contribution in [3.05, 3.63) is 66.4 Å². The number of amides is 2. The zero-order valence-corrected chi connectivity index (χ0v) is 18.6. The average Bonchev–Trinajstić information content (AvgIpc) is 3.21. The number of aromatic amines is 1. The molecule has 1 aromatic heterocycles. The zero-order chi connectivity index (χ0) is 22.7. The fourth-order valence-corrected chi connectivity index (χ4v) is 5.52. The second kappa shape index (κ2) is 9.13. The van der Waals surface area contributed by atoms with Crippen LogP contribution < -0.4 is 5.32 Å². The van der Waals surface area contributed by atoms with Crippen molar-refractivity contribution in [3.8, 4) is 0 Å². The summed E-state index contributed by atoms with van der Waals surface area (Å²) in [7, 11) is -3.59. The van der Waals surface area contributed by atoms with Crippen LogP contribution in [-0.4, -0.2) is 66.6 Å². The van der Waals surface area contributed by atoms with Crippen LogP contribution >= 0.6 is 0 Å². The van der Waals surface area contributed by atoms with Crippen LogP contribution in [-0.2, 0) is 26.0 Å². The number of carbonyl (C=O) groups is 2. The maximum atomic E-state index is 13.3. The van der Waals surface area contributed by atoms with Gasteiger partial charge in [0.05, 0.1) is 4.90 Å². The van der Waals surface area contributed by atoms with Crippen LogP contribution in [0.3, 0.4) is 0 Å². The van der Waals surface area contributed by atoms with Crippen LogP contribution in [0, 0.1) is 0 Å². The lowest BCUT2D eigenvalue weighted by Crippen LogP contribution is -2.56. The Kier molecular flexibility index (Phi) is 6.29. The summed E-state index contributed by atoms with van der Waals surface area (Å²) in [6.45, 7) is 2.36. The Bertz CT molecular complexity index is 1220. The second-order valence-corrected chi connectivity index (χ2v) is 9.80. The number of aromatic nitrogens is 1. The monoisotopic (exact) mass is 454 g/mol. The SMILES string of the molecule is CC(=O)N[C@@H](Cc1c[nH]c2ccccc12)C(=O)N1CCN(S(=O)(=O)c2ccccc2)CC1. The number of carbonyl (C=O) groups excluding carboxylic acids is 2. The Morgan fingerprint density at radius 1 is 1.00 bits per heavy atom. The number of H-pyrrole nitrogens is 1. The smallest absolute Gasteiger partial charge is 0.245 e. The van der Waals surface area contributed by atoms with E-state index in [1.165, 1.54) is 11.2 Å². The molecule has 0 saturated carbocycles. The van der Waals surface area contributed by atoms with Gasteiger partial charge >= 0.3 is 0 Å². The Morgan fingerprint density at radius 2 is 1.66 bits per heavy atom. The molecule has 168 valence electrons. The number of sulfonamides is 1. The van der Waals surface area contributed by atoms with Gasteiger partial charge in [-0.2, -0.15) is 4.31 Å². The molecule has 0 unspecified atom stereocenters. The van der Waals surface area contributed by atoms with Crippen molar-refractivity contribution >= 4 is 32.7 Å². The lowest BCUT2D eigenvalue weighted by Gasteiger charge is -2.35. The average molecular weight is 455 g/mol. The first kappa shape index (κ1) is 22.0.